The fourth-order valence-electron chi connectivity index (χ4n) is 4.52. The number of anilines is 1. The molecule has 0 amide bonds. The summed E-state index contributed by atoms with van der Waals surface area (Å²) in [5.41, 5.74) is 0.765. The van der Waals surface area contributed by atoms with Gasteiger partial charge in [-0.05, 0) is 44.9 Å². The number of piperidine rings is 1. The first kappa shape index (κ1) is 24.3. The molecule has 5 rings (SSSR count). The number of aromatic amines is 1. The van der Waals surface area contributed by atoms with Crippen LogP contribution >= 0.6 is 0 Å². The Balaban J connectivity index is 1.50. The molecule has 0 unspecified atom stereocenters. The summed E-state index contributed by atoms with van der Waals surface area (Å²) in [6.45, 7) is 5.38. The number of halogens is 3. The first-order chi connectivity index (χ1) is 17.1. The largest absolute Gasteiger partial charge is 0.419 e. The molecule has 1 saturated heterocycles. The van der Waals surface area contributed by atoms with Crippen molar-refractivity contribution in [1.29, 1.82) is 0 Å². The molecule has 3 aromatic heterocycles. The Morgan fingerprint density at radius 3 is 2.75 bits per heavy atom. The van der Waals surface area contributed by atoms with Crippen molar-refractivity contribution in [1.82, 2.24) is 30.0 Å². The highest BCUT2D eigenvalue weighted by Crippen LogP contribution is 2.39. The molecule has 1 fully saturated rings. The number of hydrogen-bond donors (Lipinski definition) is 4. The molecule has 0 spiro atoms. The molecular formula is C25H28F3N7O. The van der Waals surface area contributed by atoms with Gasteiger partial charge in [-0.1, -0.05) is 12.1 Å². The highest BCUT2D eigenvalue weighted by atomic mass is 19.4. The molecule has 1 aliphatic rings. The molecule has 1 atom stereocenters. The average molecular weight is 500 g/mol. The third-order valence-electron chi connectivity index (χ3n) is 6.18. The molecule has 36 heavy (non-hydrogen) atoms. The first-order valence-electron chi connectivity index (χ1n) is 11.8. The number of rotatable bonds is 6. The van der Waals surface area contributed by atoms with E-state index in [1.807, 2.05) is 18.3 Å². The predicted octanol–water partition coefficient (Wildman–Crippen LogP) is 4.44. The molecule has 11 heteroatoms. The standard InChI is InChI=1S/C25H28F3N7O/c1-24(2,36)14-35-13-16(9-32-35)15-5-6-18-19(11-30-21(18)8-15)22-20(25(26,27)28)12-31-23(34-22)33-17-4-3-7-29-10-17/h5-6,8-9,11-13,17,29-30,36H,3-4,7,10,14H2,1-2H3,(H,31,33,34)/t17-/m0/s1. The second kappa shape index (κ2) is 9.21. The van der Waals surface area contributed by atoms with E-state index in [-0.39, 0.29) is 17.7 Å². The molecule has 4 aromatic rings. The zero-order valence-corrected chi connectivity index (χ0v) is 20.0. The Morgan fingerprint density at radius 1 is 1.19 bits per heavy atom. The molecule has 0 radical (unpaired) electrons. The fraction of sp³-hybridized carbons (Fsp3) is 0.400. The van der Waals surface area contributed by atoms with Gasteiger partial charge in [-0.25, -0.2) is 9.97 Å². The average Bonchev–Trinajstić information content (AvgIpc) is 3.44. The van der Waals surface area contributed by atoms with E-state index in [0.717, 1.165) is 36.7 Å². The van der Waals surface area contributed by atoms with Crippen molar-refractivity contribution in [2.24, 2.45) is 0 Å². The second-order valence-electron chi connectivity index (χ2n) is 9.84. The zero-order valence-electron chi connectivity index (χ0n) is 20.0. The highest BCUT2D eigenvalue weighted by Gasteiger charge is 2.36. The van der Waals surface area contributed by atoms with Gasteiger partial charge in [0.1, 0.15) is 5.56 Å². The van der Waals surface area contributed by atoms with Crippen molar-refractivity contribution in [3.63, 3.8) is 0 Å². The van der Waals surface area contributed by atoms with Gasteiger partial charge in [0.15, 0.2) is 0 Å². The lowest BCUT2D eigenvalue weighted by Gasteiger charge is -2.24. The van der Waals surface area contributed by atoms with Crippen molar-refractivity contribution in [3.8, 4) is 22.4 Å². The minimum Gasteiger partial charge on any atom is -0.389 e. The topological polar surface area (TPSA) is 104 Å². The predicted molar refractivity (Wildman–Crippen MR) is 131 cm³/mol. The van der Waals surface area contributed by atoms with Crippen molar-refractivity contribution < 1.29 is 18.3 Å². The van der Waals surface area contributed by atoms with Gasteiger partial charge in [0.2, 0.25) is 5.95 Å². The van der Waals surface area contributed by atoms with E-state index in [0.29, 0.717) is 29.6 Å². The van der Waals surface area contributed by atoms with Crippen LogP contribution < -0.4 is 10.6 Å². The van der Waals surface area contributed by atoms with E-state index in [2.05, 4.69) is 30.7 Å². The summed E-state index contributed by atoms with van der Waals surface area (Å²) in [4.78, 5) is 11.4. The molecule has 0 bridgehead atoms. The number of aliphatic hydroxyl groups is 1. The maximum Gasteiger partial charge on any atom is 0.419 e. The Morgan fingerprint density at radius 2 is 2.03 bits per heavy atom. The van der Waals surface area contributed by atoms with E-state index in [1.54, 1.807) is 37.0 Å². The SMILES string of the molecule is CC(C)(O)Cn1cc(-c2ccc3c(-c4nc(N[C@H]5CCCNC5)ncc4C(F)(F)F)c[nH]c3c2)cn1. The fourth-order valence-corrected chi connectivity index (χ4v) is 4.52. The normalized spacial score (nSPS) is 17.0. The van der Waals surface area contributed by atoms with Crippen LogP contribution in [0.4, 0.5) is 19.1 Å². The number of alkyl halides is 3. The molecule has 8 nitrogen and oxygen atoms in total. The lowest BCUT2D eigenvalue weighted by Crippen LogP contribution is -2.38. The van der Waals surface area contributed by atoms with Crippen LogP contribution in [0.15, 0.2) is 43.0 Å². The number of nitrogens with one attached hydrogen (secondary N) is 3. The smallest absolute Gasteiger partial charge is 0.389 e. The summed E-state index contributed by atoms with van der Waals surface area (Å²) in [6.07, 6.45) is 3.20. The van der Waals surface area contributed by atoms with E-state index in [4.69, 9.17) is 0 Å². The van der Waals surface area contributed by atoms with Crippen LogP contribution in [0.2, 0.25) is 0 Å². The number of aromatic nitrogens is 5. The van der Waals surface area contributed by atoms with E-state index in [1.165, 1.54) is 0 Å². The number of H-pyrrole nitrogens is 1. The molecule has 0 aliphatic carbocycles. The van der Waals surface area contributed by atoms with Crippen LogP contribution in [0.3, 0.4) is 0 Å². The minimum absolute atomic E-state index is 0.0613. The highest BCUT2D eigenvalue weighted by molar-refractivity contribution is 5.97. The van der Waals surface area contributed by atoms with Crippen LogP contribution in [0, 0.1) is 0 Å². The van der Waals surface area contributed by atoms with E-state index >= 15 is 0 Å². The number of benzene rings is 1. The summed E-state index contributed by atoms with van der Waals surface area (Å²) in [6, 6.07) is 5.55. The van der Waals surface area contributed by atoms with Crippen LogP contribution in [-0.2, 0) is 12.7 Å². The van der Waals surface area contributed by atoms with Gasteiger partial charge in [-0.3, -0.25) is 4.68 Å². The summed E-state index contributed by atoms with van der Waals surface area (Å²) in [7, 11) is 0. The molecule has 0 saturated carbocycles. The number of nitrogens with zero attached hydrogens (tertiary/aromatic N) is 4. The zero-order chi connectivity index (χ0) is 25.5. The summed E-state index contributed by atoms with van der Waals surface area (Å²) in [5, 5.41) is 21.4. The molecule has 1 aromatic carbocycles. The summed E-state index contributed by atoms with van der Waals surface area (Å²) < 4.78 is 43.3. The van der Waals surface area contributed by atoms with Gasteiger partial charge >= 0.3 is 6.18 Å². The van der Waals surface area contributed by atoms with E-state index < -0.39 is 17.3 Å². The molecule has 1 aliphatic heterocycles. The van der Waals surface area contributed by atoms with E-state index in [9.17, 15) is 18.3 Å². The van der Waals surface area contributed by atoms with Crippen LogP contribution in [0.25, 0.3) is 33.3 Å². The molecular weight excluding hydrogens is 471 g/mol. The Hall–Kier alpha value is -3.44. The Bertz CT molecular complexity index is 1360. The lowest BCUT2D eigenvalue weighted by atomic mass is 10.0. The van der Waals surface area contributed by atoms with Crippen LogP contribution in [0.5, 0.6) is 0 Å². The Kier molecular flexibility index (Phi) is 6.21. The van der Waals surface area contributed by atoms with Gasteiger partial charge in [0, 0.05) is 53.2 Å². The van der Waals surface area contributed by atoms with Crippen LogP contribution in [-0.4, -0.2) is 54.6 Å². The van der Waals surface area contributed by atoms with Gasteiger partial charge < -0.3 is 20.7 Å². The van der Waals surface area contributed by atoms with Crippen molar-refractivity contribution >= 4 is 16.9 Å². The summed E-state index contributed by atoms with van der Waals surface area (Å²) >= 11 is 0. The van der Waals surface area contributed by atoms with Gasteiger partial charge in [-0.2, -0.15) is 18.3 Å². The van der Waals surface area contributed by atoms with Crippen molar-refractivity contribution in [2.75, 3.05) is 18.4 Å². The van der Waals surface area contributed by atoms with Gasteiger partial charge in [-0.15, -0.1) is 0 Å². The quantitative estimate of drug-likeness (QED) is 0.313. The molecule has 4 N–H and O–H groups in total. The molecule has 4 heterocycles. The second-order valence-corrected chi connectivity index (χ2v) is 9.84. The van der Waals surface area contributed by atoms with Crippen molar-refractivity contribution in [3.05, 3.63) is 48.5 Å². The maximum absolute atomic E-state index is 13.9. The van der Waals surface area contributed by atoms with Crippen molar-refractivity contribution in [2.45, 2.75) is 51.1 Å². The number of hydrogen-bond acceptors (Lipinski definition) is 6. The minimum atomic E-state index is -4.60. The third kappa shape index (κ3) is 5.21. The monoisotopic (exact) mass is 499 g/mol. The lowest BCUT2D eigenvalue weighted by molar-refractivity contribution is -0.137. The third-order valence-corrected chi connectivity index (χ3v) is 6.18. The summed E-state index contributed by atoms with van der Waals surface area (Å²) in [5.74, 6) is 0.178. The van der Waals surface area contributed by atoms with Crippen LogP contribution in [0.1, 0.15) is 32.3 Å². The maximum atomic E-state index is 13.9. The first-order valence-corrected chi connectivity index (χ1v) is 11.8. The number of fused-ring (bicyclic) bond motifs is 1. The molecule has 190 valence electrons. The van der Waals surface area contributed by atoms with Gasteiger partial charge in [0.25, 0.3) is 0 Å². The Labute approximate surface area is 206 Å². The van der Waals surface area contributed by atoms with Gasteiger partial charge in [0.05, 0.1) is 24.0 Å².